The molecule has 0 bridgehead atoms. The average Bonchev–Trinajstić information content (AvgIpc) is 3.59. The van der Waals surface area contributed by atoms with Gasteiger partial charge in [-0.15, -0.1) is 0 Å². The number of para-hydroxylation sites is 1. The van der Waals surface area contributed by atoms with Crippen LogP contribution in [0.5, 0.6) is 11.5 Å². The zero-order valence-electron chi connectivity index (χ0n) is 19.4. The van der Waals surface area contributed by atoms with Crippen molar-refractivity contribution in [2.24, 2.45) is 5.92 Å². The van der Waals surface area contributed by atoms with Crippen LogP contribution in [-0.4, -0.2) is 19.3 Å². The molecule has 1 saturated heterocycles. The zero-order chi connectivity index (χ0) is 22.7. The summed E-state index contributed by atoms with van der Waals surface area (Å²) >= 11 is 0. The summed E-state index contributed by atoms with van der Waals surface area (Å²) < 4.78 is 18.1. The second-order valence-corrected chi connectivity index (χ2v) is 9.49. The summed E-state index contributed by atoms with van der Waals surface area (Å²) in [7, 11) is 0. The molecule has 1 fully saturated rings. The maximum absolute atomic E-state index is 6.28. The van der Waals surface area contributed by atoms with E-state index in [1.807, 2.05) is 18.2 Å². The van der Waals surface area contributed by atoms with Crippen molar-refractivity contribution in [3.63, 3.8) is 0 Å². The Bertz CT molecular complexity index is 1140. The maximum atomic E-state index is 6.28. The van der Waals surface area contributed by atoms with E-state index in [1.54, 1.807) is 0 Å². The molecule has 3 aromatic rings. The summed E-state index contributed by atoms with van der Waals surface area (Å²) in [6.07, 6.45) is 8.19. The van der Waals surface area contributed by atoms with Crippen LogP contribution < -0.4 is 14.8 Å². The largest absolute Gasteiger partial charge is 0.489 e. The highest BCUT2D eigenvalue weighted by atomic mass is 16.5. The average molecular weight is 454 g/mol. The standard InChI is InChI=1S/C30H31NO3/c1-2-7-21(8-3-1)19-33-23-16-14-22(15-17-23)29-26-11-4-10-25(26)27-12-5-13-28(30(27)31-29)34-20-24-9-6-18-32-24/h1-5,7-8,10,12-17,24-26,29,31H,6,9,11,18-20H2. The monoisotopic (exact) mass is 453 g/mol. The Morgan fingerprint density at radius 3 is 2.62 bits per heavy atom. The van der Waals surface area contributed by atoms with Gasteiger partial charge in [0.2, 0.25) is 0 Å². The Labute approximate surface area is 201 Å². The number of benzene rings is 3. The van der Waals surface area contributed by atoms with Crippen molar-refractivity contribution in [2.75, 3.05) is 18.5 Å². The topological polar surface area (TPSA) is 39.7 Å². The zero-order valence-corrected chi connectivity index (χ0v) is 19.4. The van der Waals surface area contributed by atoms with Crippen molar-refractivity contribution >= 4 is 5.69 Å². The predicted molar refractivity (Wildman–Crippen MR) is 134 cm³/mol. The van der Waals surface area contributed by atoms with Crippen LogP contribution in [0.3, 0.4) is 0 Å². The van der Waals surface area contributed by atoms with E-state index in [0.717, 1.165) is 43.1 Å². The third-order valence-corrected chi connectivity index (χ3v) is 7.29. The second-order valence-electron chi connectivity index (χ2n) is 9.49. The number of nitrogens with one attached hydrogen (secondary N) is 1. The fourth-order valence-electron chi connectivity index (χ4n) is 5.51. The van der Waals surface area contributed by atoms with Crippen molar-refractivity contribution in [1.29, 1.82) is 0 Å². The molecule has 3 aliphatic rings. The summed E-state index contributed by atoms with van der Waals surface area (Å²) in [5.74, 6) is 2.73. The molecule has 0 aromatic heterocycles. The molecule has 4 heteroatoms. The Morgan fingerprint density at radius 1 is 0.912 bits per heavy atom. The van der Waals surface area contributed by atoms with Crippen LogP contribution in [0.15, 0.2) is 84.9 Å². The van der Waals surface area contributed by atoms with Crippen LogP contribution in [0.25, 0.3) is 0 Å². The molecule has 4 unspecified atom stereocenters. The number of hydrogen-bond acceptors (Lipinski definition) is 4. The SMILES string of the molecule is C1=CC2c3cccc(OCC4CCCO4)c3NC(c3ccc(OCc4ccccc4)cc3)C2C1. The third kappa shape index (κ3) is 4.30. The molecule has 1 N–H and O–H groups in total. The first-order valence-corrected chi connectivity index (χ1v) is 12.4. The normalized spacial score (nSPS) is 24.8. The van der Waals surface area contributed by atoms with Gasteiger partial charge in [0.15, 0.2) is 0 Å². The van der Waals surface area contributed by atoms with Crippen molar-refractivity contribution in [3.8, 4) is 11.5 Å². The minimum Gasteiger partial charge on any atom is -0.489 e. The molecule has 0 saturated carbocycles. The summed E-state index contributed by atoms with van der Waals surface area (Å²) in [6, 6.07) is 25.5. The number of anilines is 1. The van der Waals surface area contributed by atoms with E-state index >= 15 is 0 Å². The van der Waals surface area contributed by atoms with Gasteiger partial charge >= 0.3 is 0 Å². The fourth-order valence-corrected chi connectivity index (χ4v) is 5.51. The first-order chi connectivity index (χ1) is 16.8. The van der Waals surface area contributed by atoms with Crippen molar-refractivity contribution in [3.05, 3.63) is 102 Å². The Balaban J connectivity index is 1.21. The van der Waals surface area contributed by atoms with Gasteiger partial charge < -0.3 is 19.5 Å². The van der Waals surface area contributed by atoms with E-state index in [1.165, 1.54) is 16.7 Å². The van der Waals surface area contributed by atoms with Crippen molar-refractivity contribution < 1.29 is 14.2 Å². The highest BCUT2D eigenvalue weighted by Crippen LogP contribution is 2.52. The molecule has 0 spiro atoms. The Hall–Kier alpha value is -3.24. The molecule has 34 heavy (non-hydrogen) atoms. The van der Waals surface area contributed by atoms with Gasteiger partial charge in [-0.25, -0.2) is 0 Å². The van der Waals surface area contributed by atoms with E-state index in [0.29, 0.717) is 25.0 Å². The van der Waals surface area contributed by atoms with Gasteiger partial charge in [0, 0.05) is 12.5 Å². The fraction of sp³-hybridized carbons (Fsp3) is 0.333. The smallest absolute Gasteiger partial charge is 0.142 e. The molecule has 4 atom stereocenters. The maximum Gasteiger partial charge on any atom is 0.142 e. The number of allylic oxidation sites excluding steroid dienone is 2. The number of fused-ring (bicyclic) bond motifs is 3. The van der Waals surface area contributed by atoms with Crippen molar-refractivity contribution in [2.45, 2.75) is 43.9 Å². The Kier molecular flexibility index (Phi) is 5.99. The molecule has 3 aromatic carbocycles. The van der Waals surface area contributed by atoms with E-state index < -0.39 is 0 Å². The number of hydrogen-bond donors (Lipinski definition) is 1. The van der Waals surface area contributed by atoms with Crippen LogP contribution in [0, 0.1) is 5.92 Å². The predicted octanol–water partition coefficient (Wildman–Crippen LogP) is 6.65. The third-order valence-electron chi connectivity index (χ3n) is 7.29. The summed E-state index contributed by atoms with van der Waals surface area (Å²) in [5.41, 5.74) is 4.92. The van der Waals surface area contributed by atoms with E-state index in [2.05, 4.69) is 72.1 Å². The lowest BCUT2D eigenvalue weighted by molar-refractivity contribution is 0.0681. The first kappa shape index (κ1) is 21.3. The number of rotatable bonds is 7. The van der Waals surface area contributed by atoms with Gasteiger partial charge in [0.05, 0.1) is 17.8 Å². The van der Waals surface area contributed by atoms with E-state index in [-0.39, 0.29) is 12.1 Å². The molecule has 4 nitrogen and oxygen atoms in total. The van der Waals surface area contributed by atoms with Crippen LogP contribution >= 0.6 is 0 Å². The molecule has 0 amide bonds. The summed E-state index contributed by atoms with van der Waals surface area (Å²) in [4.78, 5) is 0. The molecule has 2 heterocycles. The van der Waals surface area contributed by atoms with Crippen LogP contribution in [-0.2, 0) is 11.3 Å². The summed E-state index contributed by atoms with van der Waals surface area (Å²) in [5, 5.41) is 3.86. The molecule has 2 aliphatic heterocycles. The lowest BCUT2D eigenvalue weighted by Gasteiger charge is -2.38. The lowest BCUT2D eigenvalue weighted by atomic mass is 9.77. The van der Waals surface area contributed by atoms with Crippen LogP contribution in [0.2, 0.25) is 0 Å². The molecular weight excluding hydrogens is 422 g/mol. The van der Waals surface area contributed by atoms with Crippen molar-refractivity contribution in [1.82, 2.24) is 0 Å². The highest BCUT2D eigenvalue weighted by molar-refractivity contribution is 5.67. The molecular formula is C30H31NO3. The van der Waals surface area contributed by atoms with Gasteiger partial charge in [-0.3, -0.25) is 0 Å². The number of ether oxygens (including phenoxy) is 3. The van der Waals surface area contributed by atoms with Gasteiger partial charge in [-0.1, -0.05) is 66.7 Å². The summed E-state index contributed by atoms with van der Waals surface area (Å²) in [6.45, 7) is 2.04. The van der Waals surface area contributed by atoms with Gasteiger partial charge in [0.25, 0.3) is 0 Å². The molecule has 1 aliphatic carbocycles. The van der Waals surface area contributed by atoms with Gasteiger partial charge in [-0.05, 0) is 60.1 Å². The van der Waals surface area contributed by atoms with E-state index in [4.69, 9.17) is 14.2 Å². The molecule has 6 rings (SSSR count). The van der Waals surface area contributed by atoms with Gasteiger partial charge in [0.1, 0.15) is 24.7 Å². The highest BCUT2D eigenvalue weighted by Gasteiger charge is 2.39. The van der Waals surface area contributed by atoms with Crippen LogP contribution in [0.4, 0.5) is 5.69 Å². The van der Waals surface area contributed by atoms with E-state index in [9.17, 15) is 0 Å². The first-order valence-electron chi connectivity index (χ1n) is 12.4. The lowest BCUT2D eigenvalue weighted by Crippen LogP contribution is -2.29. The second kappa shape index (κ2) is 9.55. The minimum absolute atomic E-state index is 0.206. The quantitative estimate of drug-likeness (QED) is 0.407. The Morgan fingerprint density at radius 2 is 1.79 bits per heavy atom. The molecule has 0 radical (unpaired) electrons. The minimum atomic E-state index is 0.206. The van der Waals surface area contributed by atoms with Gasteiger partial charge in [-0.2, -0.15) is 0 Å². The molecule has 174 valence electrons. The van der Waals surface area contributed by atoms with Crippen LogP contribution in [0.1, 0.15) is 47.9 Å².